The normalized spacial score (nSPS) is 17.1. The second-order valence-corrected chi connectivity index (χ2v) is 6.12. The van der Waals surface area contributed by atoms with Crippen molar-refractivity contribution in [3.8, 4) is 11.5 Å². The Kier molecular flexibility index (Phi) is 7.60. The Bertz CT molecular complexity index is 888. The molecule has 2 rings (SSSR count). The molecular formula is C23H25NO4. The van der Waals surface area contributed by atoms with Crippen LogP contribution < -0.4 is 14.8 Å². The smallest absolute Gasteiger partial charge is 0.336 e. The first-order valence-electron chi connectivity index (χ1n) is 8.91. The lowest BCUT2D eigenvalue weighted by Gasteiger charge is -2.06. The van der Waals surface area contributed by atoms with Crippen LogP contribution in [0.3, 0.4) is 0 Å². The van der Waals surface area contributed by atoms with E-state index < -0.39 is 12.4 Å². The van der Waals surface area contributed by atoms with Crippen molar-refractivity contribution in [3.05, 3.63) is 90.1 Å². The van der Waals surface area contributed by atoms with Crippen molar-refractivity contribution >= 4 is 11.7 Å². The highest BCUT2D eigenvalue weighted by Gasteiger charge is 2.20. The van der Waals surface area contributed by atoms with Crippen LogP contribution in [0.5, 0.6) is 11.5 Å². The van der Waals surface area contributed by atoms with E-state index in [2.05, 4.69) is 11.9 Å². The number of rotatable bonds is 7. The summed E-state index contributed by atoms with van der Waals surface area (Å²) < 4.78 is 10.6. The minimum atomic E-state index is -1.10. The first-order valence-corrected chi connectivity index (χ1v) is 8.91. The fraction of sp³-hybridized carbons (Fsp3) is 0.174. The van der Waals surface area contributed by atoms with Gasteiger partial charge in [-0.05, 0) is 44.1 Å². The molecule has 28 heavy (non-hydrogen) atoms. The van der Waals surface area contributed by atoms with Crippen LogP contribution in [0, 0.1) is 0 Å². The van der Waals surface area contributed by atoms with E-state index in [4.69, 9.17) is 9.47 Å². The predicted molar refractivity (Wildman–Crippen MR) is 112 cm³/mol. The number of anilines is 1. The summed E-state index contributed by atoms with van der Waals surface area (Å²) in [7, 11) is 0. The Morgan fingerprint density at radius 1 is 1.21 bits per heavy atom. The van der Waals surface area contributed by atoms with Gasteiger partial charge in [0.1, 0.15) is 5.75 Å². The summed E-state index contributed by atoms with van der Waals surface area (Å²) in [6.07, 6.45) is 13.5. The third-order valence-corrected chi connectivity index (χ3v) is 3.66. The number of ether oxygens (including phenoxy) is 2. The SMILES string of the molecule is C=C(C)/C=C/C(=C/C=C\C)C(/C=C\C)=C/C(=O)Oc1ccc2c(c1)OC(O)N2. The van der Waals surface area contributed by atoms with Gasteiger partial charge in [-0.1, -0.05) is 54.7 Å². The van der Waals surface area contributed by atoms with Crippen LogP contribution in [-0.2, 0) is 4.79 Å². The van der Waals surface area contributed by atoms with Crippen LogP contribution in [0.1, 0.15) is 20.8 Å². The number of benzene rings is 1. The molecule has 0 fully saturated rings. The standard InChI is InChI=1S/C23H25NO4/c1-5-7-9-17(11-10-16(3)4)18(8-6-2)14-22(25)27-19-12-13-20-21(15-19)28-23(26)24-20/h5-15,23-24,26H,3H2,1-2,4H3/b7-5-,8-6-,11-10+,17-9-,18-14+. The molecule has 0 spiro atoms. The van der Waals surface area contributed by atoms with Crippen molar-refractivity contribution in [1.29, 1.82) is 0 Å². The van der Waals surface area contributed by atoms with E-state index in [1.807, 2.05) is 63.3 Å². The summed E-state index contributed by atoms with van der Waals surface area (Å²) in [5, 5.41) is 12.2. The van der Waals surface area contributed by atoms with Gasteiger partial charge in [-0.2, -0.15) is 0 Å². The van der Waals surface area contributed by atoms with Crippen LogP contribution in [0.2, 0.25) is 0 Å². The number of fused-ring (bicyclic) bond motifs is 1. The van der Waals surface area contributed by atoms with Gasteiger partial charge in [-0.25, -0.2) is 4.79 Å². The van der Waals surface area contributed by atoms with Crippen LogP contribution in [0.15, 0.2) is 90.1 Å². The van der Waals surface area contributed by atoms with Gasteiger partial charge in [0.15, 0.2) is 5.75 Å². The van der Waals surface area contributed by atoms with E-state index in [0.717, 1.165) is 11.1 Å². The molecule has 1 unspecified atom stereocenters. The monoisotopic (exact) mass is 379 g/mol. The third-order valence-electron chi connectivity index (χ3n) is 3.66. The lowest BCUT2D eigenvalue weighted by atomic mass is 10.0. The molecule has 1 heterocycles. The fourth-order valence-corrected chi connectivity index (χ4v) is 2.43. The summed E-state index contributed by atoms with van der Waals surface area (Å²) in [5.41, 5.74) is 3.10. The van der Waals surface area contributed by atoms with Gasteiger partial charge in [-0.15, -0.1) is 0 Å². The highest BCUT2D eigenvalue weighted by atomic mass is 16.6. The molecule has 146 valence electrons. The summed E-state index contributed by atoms with van der Waals surface area (Å²) in [6, 6.07) is 4.86. The second kappa shape index (κ2) is 10.1. The van der Waals surface area contributed by atoms with E-state index in [1.165, 1.54) is 6.08 Å². The molecule has 0 saturated heterocycles. The van der Waals surface area contributed by atoms with E-state index in [0.29, 0.717) is 22.8 Å². The zero-order valence-corrected chi connectivity index (χ0v) is 16.3. The molecule has 2 N–H and O–H groups in total. The van der Waals surface area contributed by atoms with Crippen molar-refractivity contribution in [2.45, 2.75) is 27.2 Å². The highest BCUT2D eigenvalue weighted by molar-refractivity contribution is 5.87. The number of carbonyl (C=O) groups excluding carboxylic acids is 1. The summed E-state index contributed by atoms with van der Waals surface area (Å²) in [4.78, 5) is 12.5. The van der Waals surface area contributed by atoms with Crippen molar-refractivity contribution in [1.82, 2.24) is 0 Å². The molecule has 1 atom stereocenters. The number of nitrogens with one attached hydrogen (secondary N) is 1. The van der Waals surface area contributed by atoms with Crippen LogP contribution in [0.25, 0.3) is 0 Å². The van der Waals surface area contributed by atoms with Gasteiger partial charge < -0.3 is 19.9 Å². The maximum absolute atomic E-state index is 12.5. The molecule has 0 aromatic heterocycles. The van der Waals surface area contributed by atoms with Crippen molar-refractivity contribution in [2.24, 2.45) is 0 Å². The molecule has 5 nitrogen and oxygen atoms in total. The predicted octanol–water partition coefficient (Wildman–Crippen LogP) is 4.81. The Labute approximate surface area is 165 Å². The van der Waals surface area contributed by atoms with Crippen molar-refractivity contribution in [2.75, 3.05) is 5.32 Å². The minimum Gasteiger partial charge on any atom is -0.445 e. The molecule has 1 aromatic carbocycles. The first-order chi connectivity index (χ1) is 13.4. The van der Waals surface area contributed by atoms with Gasteiger partial charge in [0.25, 0.3) is 6.41 Å². The molecule has 0 aliphatic carbocycles. The molecule has 1 aromatic rings. The Morgan fingerprint density at radius 2 is 2.00 bits per heavy atom. The highest BCUT2D eigenvalue weighted by Crippen LogP contribution is 2.34. The van der Waals surface area contributed by atoms with Crippen molar-refractivity contribution in [3.63, 3.8) is 0 Å². The third kappa shape index (κ3) is 6.14. The van der Waals surface area contributed by atoms with E-state index in [-0.39, 0.29) is 0 Å². The quantitative estimate of drug-likeness (QED) is 0.308. The van der Waals surface area contributed by atoms with E-state index >= 15 is 0 Å². The average molecular weight is 379 g/mol. The van der Waals surface area contributed by atoms with Gasteiger partial charge in [0.2, 0.25) is 0 Å². The van der Waals surface area contributed by atoms with Gasteiger partial charge in [0, 0.05) is 12.1 Å². The van der Waals surface area contributed by atoms with Crippen LogP contribution in [0.4, 0.5) is 5.69 Å². The number of aliphatic hydroxyl groups excluding tert-OH is 1. The lowest BCUT2D eigenvalue weighted by molar-refractivity contribution is -0.129. The fourth-order valence-electron chi connectivity index (χ4n) is 2.43. The number of carbonyl (C=O) groups is 1. The lowest BCUT2D eigenvalue weighted by Crippen LogP contribution is -2.17. The number of aliphatic hydroxyl groups is 1. The van der Waals surface area contributed by atoms with Gasteiger partial charge >= 0.3 is 5.97 Å². The zero-order valence-electron chi connectivity index (χ0n) is 16.3. The summed E-state index contributed by atoms with van der Waals surface area (Å²) in [5.74, 6) is 0.232. The molecule has 0 amide bonds. The Hall–Kier alpha value is -3.31. The maximum atomic E-state index is 12.5. The molecule has 0 bridgehead atoms. The summed E-state index contributed by atoms with van der Waals surface area (Å²) in [6.45, 7) is 9.57. The zero-order chi connectivity index (χ0) is 20.5. The van der Waals surface area contributed by atoms with Gasteiger partial charge in [-0.3, -0.25) is 0 Å². The van der Waals surface area contributed by atoms with E-state index in [1.54, 1.807) is 18.2 Å². The molecule has 0 saturated carbocycles. The van der Waals surface area contributed by atoms with Gasteiger partial charge in [0.05, 0.1) is 5.69 Å². The van der Waals surface area contributed by atoms with Crippen molar-refractivity contribution < 1.29 is 19.4 Å². The topological polar surface area (TPSA) is 67.8 Å². The maximum Gasteiger partial charge on any atom is 0.336 e. The Balaban J connectivity index is 2.25. The molecular weight excluding hydrogens is 354 g/mol. The largest absolute Gasteiger partial charge is 0.445 e. The average Bonchev–Trinajstić information content (AvgIpc) is 3.00. The minimum absolute atomic E-state index is 0.326. The molecule has 1 aliphatic heterocycles. The number of hydrogen-bond donors (Lipinski definition) is 2. The number of hydrogen-bond acceptors (Lipinski definition) is 5. The summed E-state index contributed by atoms with van der Waals surface area (Å²) >= 11 is 0. The number of allylic oxidation sites excluding steroid dienone is 10. The Morgan fingerprint density at radius 3 is 2.68 bits per heavy atom. The first kappa shape index (κ1) is 21.0. The van der Waals surface area contributed by atoms with E-state index in [9.17, 15) is 9.90 Å². The molecule has 5 heteroatoms. The van der Waals surface area contributed by atoms with Crippen LogP contribution >= 0.6 is 0 Å². The second-order valence-electron chi connectivity index (χ2n) is 6.12. The number of esters is 1. The van der Waals surface area contributed by atoms with Crippen LogP contribution in [-0.4, -0.2) is 17.5 Å². The molecule has 1 aliphatic rings. The molecule has 0 radical (unpaired) electrons.